The number of anilines is 1. The summed E-state index contributed by atoms with van der Waals surface area (Å²) in [5, 5.41) is 13.4. The van der Waals surface area contributed by atoms with Gasteiger partial charge in [-0.1, -0.05) is 60.6 Å². The highest BCUT2D eigenvalue weighted by Gasteiger charge is 2.33. The van der Waals surface area contributed by atoms with Crippen LogP contribution in [0.25, 0.3) is 0 Å². The quantitative estimate of drug-likeness (QED) is 0.102. The highest BCUT2D eigenvalue weighted by molar-refractivity contribution is 7.18. The lowest BCUT2D eigenvalue weighted by Crippen LogP contribution is -2.59. The highest BCUT2D eigenvalue weighted by Crippen LogP contribution is 2.36. The van der Waals surface area contributed by atoms with Gasteiger partial charge in [0.1, 0.15) is 17.1 Å². The second-order valence-electron chi connectivity index (χ2n) is 13.6. The predicted molar refractivity (Wildman–Crippen MR) is 195 cm³/mol. The number of esters is 1. The van der Waals surface area contributed by atoms with Crippen LogP contribution in [0.2, 0.25) is 0 Å². The molecule has 0 spiro atoms. The van der Waals surface area contributed by atoms with Crippen molar-refractivity contribution >= 4 is 51.8 Å². The Hall–Kier alpha value is -4.51. The zero-order valence-corrected chi connectivity index (χ0v) is 32.3. The molecule has 1 unspecified atom stereocenters. The van der Waals surface area contributed by atoms with E-state index in [1.54, 1.807) is 48.5 Å². The van der Waals surface area contributed by atoms with Crippen molar-refractivity contribution in [2.45, 2.75) is 92.0 Å². The summed E-state index contributed by atoms with van der Waals surface area (Å²) in [5.41, 5.74) is 5.59. The maximum atomic E-state index is 13.3. The van der Waals surface area contributed by atoms with Crippen molar-refractivity contribution in [2.75, 3.05) is 25.5 Å². The highest BCUT2D eigenvalue weighted by atomic mass is 32.1. The number of nitrogens with two attached hydrogens (primary N) is 1. The van der Waals surface area contributed by atoms with Crippen LogP contribution in [0.3, 0.4) is 0 Å². The van der Waals surface area contributed by atoms with E-state index in [1.807, 2.05) is 0 Å². The molecule has 5 amide bonds. The van der Waals surface area contributed by atoms with Gasteiger partial charge in [-0.3, -0.25) is 24.0 Å². The van der Waals surface area contributed by atoms with E-state index in [4.69, 9.17) is 10.5 Å². The van der Waals surface area contributed by atoms with Gasteiger partial charge in [0.2, 0.25) is 23.6 Å². The number of methoxy groups -OCH3 is 1. The first kappa shape index (κ1) is 44.7. The van der Waals surface area contributed by atoms with Crippen molar-refractivity contribution in [3.05, 3.63) is 51.4 Å². The summed E-state index contributed by atoms with van der Waals surface area (Å²) in [6, 6.07) is 1.51. The summed E-state index contributed by atoms with van der Waals surface area (Å²) < 4.78 is 44.1. The number of alkyl halides is 3. The third kappa shape index (κ3) is 12.0. The fourth-order valence-corrected chi connectivity index (χ4v) is 6.37. The lowest BCUT2D eigenvalue weighted by atomic mass is 9.94. The fraction of sp³-hybridized carbons (Fsp3) is 0.556. The van der Waals surface area contributed by atoms with E-state index in [1.165, 1.54) is 19.1 Å². The minimum atomic E-state index is -4.54. The Morgan fingerprint density at radius 3 is 1.81 bits per heavy atom. The Bertz CT molecular complexity index is 1630. The number of thiophene rings is 1. The van der Waals surface area contributed by atoms with E-state index in [0.29, 0.717) is 5.56 Å². The average Bonchev–Trinajstić information content (AvgIpc) is 3.41. The standard InChI is InChI=1S/C36H51F3N6O7S/c1-10-23(21-11-13-22(14-12-21)36(37,38)39)29(46)45-34-24(35(51)52-9)20(8)28(53-34)33(50)42-16-15-41-31(48)26(18(4)5)44-32(49)27(19(6)7)43-30(47)25(40)17(2)3/h11-14,17-19,23,25-27H,10,15-16,40H2,1-9H3,(H,41,48)(H,42,50)(H,43,47)(H,44,49)(H,45,46)/t23?,25-,26-,27-/m0/s1. The lowest BCUT2D eigenvalue weighted by Gasteiger charge is -2.28. The molecule has 0 saturated heterocycles. The molecule has 1 aromatic heterocycles. The summed E-state index contributed by atoms with van der Waals surface area (Å²) >= 11 is 0.821. The van der Waals surface area contributed by atoms with Crippen molar-refractivity contribution in [3.8, 4) is 0 Å². The number of amides is 5. The van der Waals surface area contributed by atoms with E-state index in [0.717, 1.165) is 30.6 Å². The summed E-state index contributed by atoms with van der Waals surface area (Å²) in [4.78, 5) is 78.2. The SMILES string of the molecule is CCC(C(=O)Nc1sc(C(=O)NCCNC(=O)[C@@H](NC(=O)[C@@H](NC(=O)[C@@H](N)C(C)C)C(C)C)C(C)C)c(C)c1C(=O)OC)c1ccc(C(F)(F)F)cc1. The number of carbonyl (C=O) groups is 6. The Labute approximate surface area is 311 Å². The van der Waals surface area contributed by atoms with Gasteiger partial charge in [-0.15, -0.1) is 11.3 Å². The number of ether oxygens (including phenoxy) is 1. The van der Waals surface area contributed by atoms with Crippen LogP contribution >= 0.6 is 11.3 Å². The summed E-state index contributed by atoms with van der Waals surface area (Å²) in [6.07, 6.45) is -4.30. The average molecular weight is 769 g/mol. The molecule has 0 aliphatic heterocycles. The van der Waals surface area contributed by atoms with Gasteiger partial charge in [0.15, 0.2) is 0 Å². The summed E-state index contributed by atoms with van der Waals surface area (Å²) in [5.74, 6) is -5.20. The first-order chi connectivity index (χ1) is 24.7. The number of hydrogen-bond donors (Lipinski definition) is 6. The van der Waals surface area contributed by atoms with Crippen molar-refractivity contribution in [3.63, 3.8) is 0 Å². The Morgan fingerprint density at radius 1 is 0.792 bits per heavy atom. The molecule has 7 N–H and O–H groups in total. The fourth-order valence-electron chi connectivity index (χ4n) is 5.26. The lowest BCUT2D eigenvalue weighted by molar-refractivity contribution is -0.137. The zero-order valence-electron chi connectivity index (χ0n) is 31.4. The van der Waals surface area contributed by atoms with Gasteiger partial charge >= 0.3 is 12.1 Å². The normalized spacial score (nSPS) is 13.9. The zero-order chi connectivity index (χ0) is 40.4. The minimum absolute atomic E-state index is 0.0273. The van der Waals surface area contributed by atoms with Crippen LogP contribution in [0.15, 0.2) is 24.3 Å². The number of halogens is 3. The molecular formula is C36H51F3N6O7S. The second-order valence-corrected chi connectivity index (χ2v) is 14.6. The van der Waals surface area contributed by atoms with E-state index < -0.39 is 71.3 Å². The molecule has 2 rings (SSSR count). The molecular weight excluding hydrogens is 717 g/mol. The van der Waals surface area contributed by atoms with Gasteiger partial charge in [-0.2, -0.15) is 13.2 Å². The van der Waals surface area contributed by atoms with E-state index >= 15 is 0 Å². The number of carbonyl (C=O) groups excluding carboxylic acids is 6. The molecule has 0 bridgehead atoms. The molecule has 13 nitrogen and oxygen atoms in total. The third-order valence-corrected chi connectivity index (χ3v) is 9.77. The number of benzene rings is 1. The van der Waals surface area contributed by atoms with Crippen LogP contribution in [0.1, 0.15) is 97.5 Å². The summed E-state index contributed by atoms with van der Waals surface area (Å²) in [6.45, 7) is 13.7. The molecule has 53 heavy (non-hydrogen) atoms. The Kier molecular flexibility index (Phi) is 16.5. The largest absolute Gasteiger partial charge is 0.465 e. The van der Waals surface area contributed by atoms with Gasteiger partial charge in [-0.05, 0) is 54.4 Å². The first-order valence-corrected chi connectivity index (χ1v) is 18.1. The smallest absolute Gasteiger partial charge is 0.416 e. The van der Waals surface area contributed by atoms with Crippen molar-refractivity contribution in [1.82, 2.24) is 21.3 Å². The van der Waals surface area contributed by atoms with Gasteiger partial charge in [-0.25, -0.2) is 4.79 Å². The van der Waals surface area contributed by atoms with E-state index in [-0.39, 0.29) is 58.3 Å². The second kappa shape index (κ2) is 19.5. The Balaban J connectivity index is 2.12. The predicted octanol–water partition coefficient (Wildman–Crippen LogP) is 4.11. The molecule has 17 heteroatoms. The van der Waals surface area contributed by atoms with Crippen LogP contribution in [0.4, 0.5) is 18.2 Å². The van der Waals surface area contributed by atoms with Crippen LogP contribution < -0.4 is 32.3 Å². The van der Waals surface area contributed by atoms with Gasteiger partial charge < -0.3 is 37.1 Å². The molecule has 2 aromatic rings. The minimum Gasteiger partial charge on any atom is -0.465 e. The van der Waals surface area contributed by atoms with Gasteiger partial charge in [0.05, 0.1) is 35.1 Å². The van der Waals surface area contributed by atoms with Crippen molar-refractivity contribution in [1.29, 1.82) is 0 Å². The van der Waals surface area contributed by atoms with Gasteiger partial charge in [0.25, 0.3) is 5.91 Å². The van der Waals surface area contributed by atoms with E-state index in [9.17, 15) is 41.9 Å². The molecule has 1 aromatic carbocycles. The molecule has 294 valence electrons. The van der Waals surface area contributed by atoms with Gasteiger partial charge in [0, 0.05) is 13.1 Å². The van der Waals surface area contributed by atoms with Crippen molar-refractivity contribution in [2.24, 2.45) is 23.5 Å². The van der Waals surface area contributed by atoms with Crippen LogP contribution in [-0.4, -0.2) is 73.8 Å². The van der Waals surface area contributed by atoms with E-state index in [2.05, 4.69) is 26.6 Å². The topological polar surface area (TPSA) is 198 Å². The van der Waals surface area contributed by atoms with Crippen molar-refractivity contribution < 1.29 is 46.7 Å². The monoisotopic (exact) mass is 768 g/mol. The first-order valence-electron chi connectivity index (χ1n) is 17.3. The maximum Gasteiger partial charge on any atom is 0.416 e. The molecule has 1 heterocycles. The Morgan fingerprint density at radius 2 is 1.32 bits per heavy atom. The van der Waals surface area contributed by atoms with Crippen LogP contribution in [-0.2, 0) is 30.1 Å². The van der Waals surface area contributed by atoms with Crippen LogP contribution in [0, 0.1) is 24.7 Å². The molecule has 4 atom stereocenters. The third-order valence-electron chi connectivity index (χ3n) is 8.57. The maximum absolute atomic E-state index is 13.3. The molecule has 0 radical (unpaired) electrons. The molecule has 0 fully saturated rings. The number of hydrogen-bond acceptors (Lipinski definition) is 9. The number of rotatable bonds is 17. The molecule has 0 saturated carbocycles. The number of nitrogens with one attached hydrogen (secondary N) is 5. The van der Waals surface area contributed by atoms with Crippen LogP contribution in [0.5, 0.6) is 0 Å². The summed E-state index contributed by atoms with van der Waals surface area (Å²) in [7, 11) is 1.14. The molecule has 0 aliphatic rings. The molecule has 0 aliphatic carbocycles.